The molecule has 0 saturated heterocycles. The number of rotatable bonds is 6. The minimum absolute atomic E-state index is 0.00949. The van der Waals surface area contributed by atoms with Gasteiger partial charge in [0.15, 0.2) is 10.8 Å². The third kappa shape index (κ3) is 4.39. The first kappa shape index (κ1) is 13.4. The van der Waals surface area contributed by atoms with Gasteiger partial charge in [0.2, 0.25) is 5.91 Å². The molecule has 1 amide bonds. The molecule has 0 fully saturated rings. The van der Waals surface area contributed by atoms with Crippen LogP contribution in [0.1, 0.15) is 23.8 Å². The normalized spacial score (nSPS) is 9.76. The van der Waals surface area contributed by atoms with E-state index in [1.807, 2.05) is 6.92 Å². The molecule has 0 aliphatic rings. The summed E-state index contributed by atoms with van der Waals surface area (Å²) in [5.41, 5.74) is 0.276. The molecule has 6 nitrogen and oxygen atoms in total. The second-order valence-corrected chi connectivity index (χ2v) is 4.02. The van der Waals surface area contributed by atoms with Crippen molar-refractivity contribution in [1.29, 1.82) is 0 Å². The molecule has 0 aliphatic carbocycles. The largest absolute Gasteiger partial charge is 0.464 e. The van der Waals surface area contributed by atoms with Gasteiger partial charge in [-0.05, 0) is 6.92 Å². The summed E-state index contributed by atoms with van der Waals surface area (Å²) in [7, 11) is 1.31. The second kappa shape index (κ2) is 6.85. The molecule has 0 bridgehead atoms. The third-order valence-corrected chi connectivity index (χ3v) is 2.70. The predicted octanol–water partition coefficient (Wildman–Crippen LogP) is 0.868. The van der Waals surface area contributed by atoms with Crippen molar-refractivity contribution in [1.82, 2.24) is 10.3 Å². The van der Waals surface area contributed by atoms with Crippen molar-refractivity contribution in [3.8, 4) is 0 Å². The molecule has 1 aromatic heterocycles. The average Bonchev–Trinajstić information content (AvgIpc) is 2.77. The molecule has 0 spiro atoms. The predicted molar refractivity (Wildman–Crippen MR) is 65.2 cm³/mol. The molecule has 0 aliphatic heterocycles. The van der Waals surface area contributed by atoms with E-state index in [2.05, 4.69) is 20.4 Å². The summed E-state index contributed by atoms with van der Waals surface area (Å²) in [6.45, 7) is 2.98. The minimum Gasteiger partial charge on any atom is -0.464 e. The third-order valence-electron chi connectivity index (χ3n) is 1.90. The number of nitrogens with one attached hydrogen (secondary N) is 2. The Hall–Kier alpha value is -1.63. The van der Waals surface area contributed by atoms with E-state index in [-0.39, 0.29) is 11.6 Å². The molecular weight excluding hydrogens is 242 g/mol. The highest BCUT2D eigenvalue weighted by molar-refractivity contribution is 7.13. The Bertz CT molecular complexity index is 392. The lowest BCUT2D eigenvalue weighted by molar-refractivity contribution is -0.120. The van der Waals surface area contributed by atoms with Crippen LogP contribution >= 0.6 is 11.3 Å². The molecule has 0 radical (unpaired) electrons. The summed E-state index contributed by atoms with van der Waals surface area (Å²) < 4.78 is 4.54. The highest BCUT2D eigenvalue weighted by atomic mass is 32.1. The van der Waals surface area contributed by atoms with Crippen molar-refractivity contribution in [2.45, 2.75) is 13.3 Å². The monoisotopic (exact) mass is 257 g/mol. The summed E-state index contributed by atoms with van der Waals surface area (Å²) in [5, 5.41) is 7.88. The summed E-state index contributed by atoms with van der Waals surface area (Å²) >= 11 is 1.30. The van der Waals surface area contributed by atoms with Crippen LogP contribution in [0.25, 0.3) is 0 Å². The van der Waals surface area contributed by atoms with E-state index >= 15 is 0 Å². The Kier molecular flexibility index (Phi) is 5.41. The lowest BCUT2D eigenvalue weighted by Gasteiger charge is -2.02. The van der Waals surface area contributed by atoms with Gasteiger partial charge in [0.05, 0.1) is 7.11 Å². The highest BCUT2D eigenvalue weighted by Gasteiger charge is 2.10. The van der Waals surface area contributed by atoms with Crippen LogP contribution < -0.4 is 10.6 Å². The SMILES string of the molecule is CCNC(=O)CCNc1nc(C(=O)OC)cs1. The van der Waals surface area contributed by atoms with Crippen molar-refractivity contribution in [2.75, 3.05) is 25.5 Å². The highest BCUT2D eigenvalue weighted by Crippen LogP contribution is 2.15. The molecule has 0 atom stereocenters. The Balaban J connectivity index is 2.35. The maximum absolute atomic E-state index is 11.2. The Morgan fingerprint density at radius 2 is 2.29 bits per heavy atom. The van der Waals surface area contributed by atoms with Crippen molar-refractivity contribution < 1.29 is 14.3 Å². The summed E-state index contributed by atoms with van der Waals surface area (Å²) in [5.74, 6) is -0.470. The molecule has 7 heteroatoms. The van der Waals surface area contributed by atoms with Crippen molar-refractivity contribution in [3.63, 3.8) is 0 Å². The minimum atomic E-state index is -0.460. The number of ether oxygens (including phenoxy) is 1. The van der Waals surface area contributed by atoms with Gasteiger partial charge in [0.1, 0.15) is 0 Å². The Morgan fingerprint density at radius 1 is 1.53 bits per heavy atom. The first-order valence-electron chi connectivity index (χ1n) is 5.21. The molecule has 1 aromatic rings. The number of nitrogens with zero attached hydrogens (tertiary/aromatic N) is 1. The lowest BCUT2D eigenvalue weighted by Crippen LogP contribution is -2.24. The van der Waals surface area contributed by atoms with Crippen LogP contribution in [0.15, 0.2) is 5.38 Å². The zero-order chi connectivity index (χ0) is 12.7. The van der Waals surface area contributed by atoms with E-state index < -0.39 is 5.97 Å². The van der Waals surface area contributed by atoms with E-state index in [0.717, 1.165) is 0 Å². The number of carbonyl (C=O) groups excluding carboxylic acids is 2. The van der Waals surface area contributed by atoms with Gasteiger partial charge in [-0.2, -0.15) is 0 Å². The van der Waals surface area contributed by atoms with Gasteiger partial charge in [-0.3, -0.25) is 4.79 Å². The number of hydrogen-bond donors (Lipinski definition) is 2. The summed E-state index contributed by atoms with van der Waals surface area (Å²) in [4.78, 5) is 26.3. The molecule has 1 heterocycles. The van der Waals surface area contributed by atoms with Gasteiger partial charge in [-0.15, -0.1) is 11.3 Å². The molecule has 0 aromatic carbocycles. The number of amides is 1. The quantitative estimate of drug-likeness (QED) is 0.739. The molecule has 2 N–H and O–H groups in total. The van der Waals surface area contributed by atoms with E-state index in [1.54, 1.807) is 5.38 Å². The maximum Gasteiger partial charge on any atom is 0.357 e. The molecule has 0 unspecified atom stereocenters. The zero-order valence-corrected chi connectivity index (χ0v) is 10.6. The van der Waals surface area contributed by atoms with Crippen LogP contribution in [0.5, 0.6) is 0 Å². The van der Waals surface area contributed by atoms with Crippen LogP contribution in [0.4, 0.5) is 5.13 Å². The van der Waals surface area contributed by atoms with Gasteiger partial charge < -0.3 is 15.4 Å². The number of esters is 1. The first-order valence-corrected chi connectivity index (χ1v) is 6.09. The lowest BCUT2D eigenvalue weighted by atomic mass is 10.4. The molecule has 0 saturated carbocycles. The number of carbonyl (C=O) groups is 2. The van der Waals surface area contributed by atoms with Crippen LogP contribution in [0, 0.1) is 0 Å². The topological polar surface area (TPSA) is 80.3 Å². The fraction of sp³-hybridized carbons (Fsp3) is 0.500. The molecule has 94 valence electrons. The zero-order valence-electron chi connectivity index (χ0n) is 9.78. The van der Waals surface area contributed by atoms with Gasteiger partial charge in [-0.1, -0.05) is 0 Å². The van der Waals surface area contributed by atoms with Crippen molar-refractivity contribution >= 4 is 28.3 Å². The Labute approximate surface area is 103 Å². The van der Waals surface area contributed by atoms with Crippen molar-refractivity contribution in [2.24, 2.45) is 0 Å². The number of aromatic nitrogens is 1. The van der Waals surface area contributed by atoms with Gasteiger partial charge in [0, 0.05) is 24.9 Å². The number of thiazole rings is 1. The number of anilines is 1. The summed E-state index contributed by atoms with van der Waals surface area (Å²) in [6.07, 6.45) is 0.376. The van der Waals surface area contributed by atoms with Gasteiger partial charge in [0.25, 0.3) is 0 Å². The van der Waals surface area contributed by atoms with Crippen LogP contribution in [0.2, 0.25) is 0 Å². The van der Waals surface area contributed by atoms with Crippen molar-refractivity contribution in [3.05, 3.63) is 11.1 Å². The summed E-state index contributed by atoms with van der Waals surface area (Å²) in [6, 6.07) is 0. The number of methoxy groups -OCH3 is 1. The first-order chi connectivity index (χ1) is 8.17. The van der Waals surface area contributed by atoms with E-state index in [1.165, 1.54) is 18.4 Å². The van der Waals surface area contributed by atoms with Crippen LogP contribution in [-0.4, -0.2) is 37.1 Å². The standard InChI is InChI=1S/C10H15N3O3S/c1-3-11-8(14)4-5-12-10-13-7(6-17-10)9(15)16-2/h6H,3-5H2,1-2H3,(H,11,14)(H,12,13). The molecular formula is C10H15N3O3S. The molecule has 1 rings (SSSR count). The fourth-order valence-electron chi connectivity index (χ4n) is 1.12. The smallest absolute Gasteiger partial charge is 0.357 e. The number of hydrogen-bond acceptors (Lipinski definition) is 6. The van der Waals surface area contributed by atoms with E-state index in [4.69, 9.17) is 0 Å². The van der Waals surface area contributed by atoms with Gasteiger partial charge >= 0.3 is 5.97 Å². The molecule has 17 heavy (non-hydrogen) atoms. The van der Waals surface area contributed by atoms with Crippen LogP contribution in [0.3, 0.4) is 0 Å². The van der Waals surface area contributed by atoms with E-state index in [0.29, 0.717) is 24.6 Å². The van der Waals surface area contributed by atoms with Gasteiger partial charge in [-0.25, -0.2) is 9.78 Å². The maximum atomic E-state index is 11.2. The van der Waals surface area contributed by atoms with E-state index in [9.17, 15) is 9.59 Å². The Morgan fingerprint density at radius 3 is 2.94 bits per heavy atom. The van der Waals surface area contributed by atoms with Crippen LogP contribution in [-0.2, 0) is 9.53 Å². The average molecular weight is 257 g/mol. The second-order valence-electron chi connectivity index (χ2n) is 3.16. The fourth-order valence-corrected chi connectivity index (χ4v) is 1.83.